The Bertz CT molecular complexity index is 815. The second-order valence-electron chi connectivity index (χ2n) is 4.56. The van der Waals surface area contributed by atoms with Crippen LogP contribution in [0.15, 0.2) is 59.1 Å². The molecule has 22 heavy (non-hydrogen) atoms. The Hall–Kier alpha value is -2.79. The Morgan fingerprint density at radius 1 is 1.14 bits per heavy atom. The summed E-state index contributed by atoms with van der Waals surface area (Å²) in [6, 6.07) is 15.2. The van der Waals surface area contributed by atoms with E-state index in [0.717, 1.165) is 5.56 Å². The van der Waals surface area contributed by atoms with Gasteiger partial charge in [0.1, 0.15) is 5.75 Å². The number of nitrogens with zero attached hydrogens (tertiary/aromatic N) is 1. The molecule has 0 saturated heterocycles. The molecule has 0 atom stereocenters. The highest BCUT2D eigenvalue weighted by atomic mass is 35.5. The highest BCUT2D eigenvalue weighted by molar-refractivity contribution is 6.31. The van der Waals surface area contributed by atoms with Crippen LogP contribution in [-0.4, -0.2) is 16.2 Å². The highest BCUT2D eigenvalue weighted by Crippen LogP contribution is 2.27. The van der Waals surface area contributed by atoms with Crippen LogP contribution in [0.5, 0.6) is 5.75 Å². The summed E-state index contributed by atoms with van der Waals surface area (Å²) in [6.07, 6.45) is 0. The smallest absolute Gasteiger partial charge is 0.277 e. The summed E-state index contributed by atoms with van der Waals surface area (Å²) >= 11 is 5.83. The summed E-state index contributed by atoms with van der Waals surface area (Å²) in [5.41, 5.74) is 1.14. The molecule has 0 radical (unpaired) electrons. The largest absolute Gasteiger partial charge is 0.506 e. The molecule has 6 heteroatoms. The van der Waals surface area contributed by atoms with Crippen molar-refractivity contribution in [1.29, 1.82) is 0 Å². The second-order valence-corrected chi connectivity index (χ2v) is 4.99. The van der Waals surface area contributed by atoms with Crippen molar-refractivity contribution in [3.05, 3.63) is 65.3 Å². The maximum atomic E-state index is 12.1. The molecule has 1 aromatic heterocycles. The molecule has 110 valence electrons. The number of amides is 1. The lowest BCUT2D eigenvalue weighted by Gasteiger charge is -2.05. The van der Waals surface area contributed by atoms with Crippen LogP contribution in [0.4, 0.5) is 5.69 Å². The van der Waals surface area contributed by atoms with Crippen molar-refractivity contribution in [2.45, 2.75) is 0 Å². The molecule has 0 spiro atoms. The van der Waals surface area contributed by atoms with E-state index in [1.165, 1.54) is 24.3 Å². The van der Waals surface area contributed by atoms with Crippen LogP contribution in [-0.2, 0) is 0 Å². The summed E-state index contributed by atoms with van der Waals surface area (Å²) < 4.78 is 5.16. The molecule has 0 saturated carbocycles. The normalized spacial score (nSPS) is 10.4. The van der Waals surface area contributed by atoms with Gasteiger partial charge in [-0.2, -0.15) is 0 Å². The zero-order valence-corrected chi connectivity index (χ0v) is 12.0. The Kier molecular flexibility index (Phi) is 3.80. The number of phenols is 1. The maximum Gasteiger partial charge on any atom is 0.277 e. The molecule has 0 aliphatic heterocycles. The summed E-state index contributed by atoms with van der Waals surface area (Å²) in [6.45, 7) is 0. The molecule has 1 amide bonds. The van der Waals surface area contributed by atoms with Gasteiger partial charge >= 0.3 is 0 Å². The summed E-state index contributed by atoms with van der Waals surface area (Å²) in [5.74, 6) is -0.0888. The van der Waals surface area contributed by atoms with Crippen LogP contribution in [0.2, 0.25) is 5.02 Å². The molecule has 3 rings (SSSR count). The monoisotopic (exact) mass is 314 g/mol. The maximum absolute atomic E-state index is 12.1. The number of phenolic OH excluding ortho intramolecular Hbond substituents is 1. The Morgan fingerprint density at radius 2 is 1.91 bits per heavy atom. The summed E-state index contributed by atoms with van der Waals surface area (Å²) in [4.78, 5) is 12.1. The zero-order valence-electron chi connectivity index (χ0n) is 11.3. The van der Waals surface area contributed by atoms with E-state index in [4.69, 9.17) is 16.1 Å². The van der Waals surface area contributed by atoms with Gasteiger partial charge in [-0.15, -0.1) is 0 Å². The van der Waals surface area contributed by atoms with Gasteiger partial charge < -0.3 is 14.9 Å². The number of anilines is 1. The summed E-state index contributed by atoms with van der Waals surface area (Å²) in [5, 5.41) is 16.4. The van der Waals surface area contributed by atoms with Crippen molar-refractivity contribution < 1.29 is 14.4 Å². The first-order valence-electron chi connectivity index (χ1n) is 6.45. The lowest BCUT2D eigenvalue weighted by molar-refractivity contribution is 0.101. The summed E-state index contributed by atoms with van der Waals surface area (Å²) in [7, 11) is 0. The first kappa shape index (κ1) is 14.2. The predicted molar refractivity (Wildman–Crippen MR) is 83.0 cm³/mol. The average molecular weight is 315 g/mol. The fourth-order valence-corrected chi connectivity index (χ4v) is 2.09. The van der Waals surface area contributed by atoms with E-state index in [1.807, 2.05) is 30.3 Å². The molecule has 0 aliphatic carbocycles. The van der Waals surface area contributed by atoms with Crippen LogP contribution in [0.1, 0.15) is 10.5 Å². The topological polar surface area (TPSA) is 75.4 Å². The molecule has 2 N–H and O–H groups in total. The van der Waals surface area contributed by atoms with Gasteiger partial charge in [0.25, 0.3) is 5.91 Å². The molecule has 0 bridgehead atoms. The minimum atomic E-state index is -0.497. The number of aromatic hydroxyl groups is 1. The van der Waals surface area contributed by atoms with Crippen molar-refractivity contribution in [1.82, 2.24) is 5.16 Å². The number of rotatable bonds is 3. The third-order valence-electron chi connectivity index (χ3n) is 3.01. The molecule has 1 heterocycles. The molecular formula is C16H11ClN2O3. The number of aromatic nitrogens is 1. The highest BCUT2D eigenvalue weighted by Gasteiger charge is 2.15. The minimum Gasteiger partial charge on any atom is -0.506 e. The number of nitrogens with one attached hydrogen (secondary N) is 1. The van der Waals surface area contributed by atoms with E-state index < -0.39 is 5.91 Å². The number of carbonyl (C=O) groups is 1. The van der Waals surface area contributed by atoms with Crippen molar-refractivity contribution in [3.8, 4) is 17.1 Å². The standard InChI is InChI=1S/C16H11ClN2O3/c17-11-6-7-14(20)12(8-11)18-16(21)13-9-15(22-19-13)10-4-2-1-3-5-10/h1-9,20H,(H,18,21). The Balaban J connectivity index is 1.81. The molecular weight excluding hydrogens is 304 g/mol. The van der Waals surface area contributed by atoms with E-state index in [2.05, 4.69) is 10.5 Å². The van der Waals surface area contributed by atoms with Crippen molar-refractivity contribution >= 4 is 23.2 Å². The molecule has 0 aliphatic rings. The van der Waals surface area contributed by atoms with Gasteiger partial charge in [0.2, 0.25) is 0 Å². The fourth-order valence-electron chi connectivity index (χ4n) is 1.92. The van der Waals surface area contributed by atoms with Gasteiger partial charge in [0.15, 0.2) is 11.5 Å². The van der Waals surface area contributed by atoms with E-state index in [1.54, 1.807) is 0 Å². The van der Waals surface area contributed by atoms with Crippen LogP contribution in [0.25, 0.3) is 11.3 Å². The van der Waals surface area contributed by atoms with Crippen molar-refractivity contribution in [3.63, 3.8) is 0 Å². The third-order valence-corrected chi connectivity index (χ3v) is 3.24. The molecule has 5 nitrogen and oxygen atoms in total. The van der Waals surface area contributed by atoms with Crippen molar-refractivity contribution in [2.75, 3.05) is 5.32 Å². The van der Waals surface area contributed by atoms with Crippen LogP contribution >= 0.6 is 11.6 Å². The second kappa shape index (κ2) is 5.91. The quantitative estimate of drug-likeness (QED) is 0.718. The van der Waals surface area contributed by atoms with Gasteiger partial charge in [0.05, 0.1) is 5.69 Å². The number of hydrogen-bond acceptors (Lipinski definition) is 4. The van der Waals surface area contributed by atoms with E-state index in [0.29, 0.717) is 10.8 Å². The van der Waals surface area contributed by atoms with Crippen molar-refractivity contribution in [2.24, 2.45) is 0 Å². The molecule has 0 fully saturated rings. The van der Waals surface area contributed by atoms with Gasteiger partial charge in [-0.1, -0.05) is 47.1 Å². The third kappa shape index (κ3) is 2.94. The van der Waals surface area contributed by atoms with Crippen LogP contribution < -0.4 is 5.32 Å². The van der Waals surface area contributed by atoms with E-state index in [9.17, 15) is 9.90 Å². The first-order chi connectivity index (χ1) is 10.6. The first-order valence-corrected chi connectivity index (χ1v) is 6.83. The van der Waals surface area contributed by atoms with Gasteiger partial charge in [0, 0.05) is 16.7 Å². The number of halogens is 1. The van der Waals surface area contributed by atoms with E-state index in [-0.39, 0.29) is 17.1 Å². The number of benzene rings is 2. The average Bonchev–Trinajstić information content (AvgIpc) is 3.02. The number of hydrogen-bond donors (Lipinski definition) is 2. The fraction of sp³-hybridized carbons (Fsp3) is 0. The molecule has 3 aromatic rings. The molecule has 2 aromatic carbocycles. The SMILES string of the molecule is O=C(Nc1cc(Cl)ccc1O)c1cc(-c2ccccc2)on1. The van der Waals surface area contributed by atoms with Crippen LogP contribution in [0, 0.1) is 0 Å². The van der Waals surface area contributed by atoms with E-state index >= 15 is 0 Å². The Labute approximate surface area is 131 Å². The Morgan fingerprint density at radius 3 is 2.68 bits per heavy atom. The molecule has 0 unspecified atom stereocenters. The van der Waals surface area contributed by atoms with Gasteiger partial charge in [-0.25, -0.2) is 0 Å². The lowest BCUT2D eigenvalue weighted by atomic mass is 10.1. The van der Waals surface area contributed by atoms with Gasteiger partial charge in [-0.3, -0.25) is 4.79 Å². The van der Waals surface area contributed by atoms with Crippen LogP contribution in [0.3, 0.4) is 0 Å². The zero-order chi connectivity index (χ0) is 15.5. The lowest BCUT2D eigenvalue weighted by Crippen LogP contribution is -2.12. The van der Waals surface area contributed by atoms with Gasteiger partial charge in [-0.05, 0) is 18.2 Å². The number of carbonyl (C=O) groups excluding carboxylic acids is 1. The minimum absolute atomic E-state index is 0.0791. The predicted octanol–water partition coefficient (Wildman–Crippen LogP) is 3.95.